The van der Waals surface area contributed by atoms with E-state index in [1.807, 2.05) is 0 Å². The molecule has 16 heavy (non-hydrogen) atoms. The fourth-order valence-corrected chi connectivity index (χ4v) is 1.46. The Morgan fingerprint density at radius 2 is 2.19 bits per heavy atom. The van der Waals surface area contributed by atoms with Crippen molar-refractivity contribution >= 4 is 11.9 Å². The molecule has 6 nitrogen and oxygen atoms in total. The normalized spacial score (nSPS) is 28.8. The maximum atomic E-state index is 10.9. The molecule has 0 aromatic rings. The predicted octanol–water partition coefficient (Wildman–Crippen LogP) is -0.0214. The van der Waals surface area contributed by atoms with Gasteiger partial charge in [-0.1, -0.05) is 6.92 Å². The van der Waals surface area contributed by atoms with Crippen molar-refractivity contribution in [2.24, 2.45) is 0 Å². The number of aliphatic hydroxyl groups excluding tert-OH is 1. The Labute approximate surface area is 93.5 Å². The van der Waals surface area contributed by atoms with Crippen LogP contribution in [0.4, 0.5) is 0 Å². The molecule has 1 rings (SSSR count). The molecule has 0 aromatic heterocycles. The van der Waals surface area contributed by atoms with Gasteiger partial charge in [-0.15, -0.1) is 0 Å². The Morgan fingerprint density at radius 1 is 1.50 bits per heavy atom. The quantitative estimate of drug-likeness (QED) is 0.686. The second-order valence-corrected chi connectivity index (χ2v) is 3.55. The molecule has 0 spiro atoms. The minimum atomic E-state index is -0.977. The summed E-state index contributed by atoms with van der Waals surface area (Å²) in [7, 11) is 0. The van der Waals surface area contributed by atoms with Crippen molar-refractivity contribution < 1.29 is 28.9 Å². The average Bonchev–Trinajstić information content (AvgIpc) is 2.54. The second-order valence-electron chi connectivity index (χ2n) is 3.55. The van der Waals surface area contributed by atoms with Crippen molar-refractivity contribution in [2.75, 3.05) is 6.61 Å². The Bertz CT molecular complexity index is 264. The van der Waals surface area contributed by atoms with Gasteiger partial charge in [0.25, 0.3) is 0 Å². The predicted molar refractivity (Wildman–Crippen MR) is 52.3 cm³/mol. The first kappa shape index (κ1) is 12.9. The molecular formula is C10H16O6. The fraction of sp³-hybridized carbons (Fsp3) is 0.800. The largest absolute Gasteiger partial charge is 0.463 e. The van der Waals surface area contributed by atoms with E-state index in [9.17, 15) is 14.7 Å². The van der Waals surface area contributed by atoms with Gasteiger partial charge in [-0.25, -0.2) is 0 Å². The van der Waals surface area contributed by atoms with E-state index in [2.05, 4.69) is 0 Å². The van der Waals surface area contributed by atoms with Crippen molar-refractivity contribution in [3.05, 3.63) is 0 Å². The third-order valence-corrected chi connectivity index (χ3v) is 2.20. The molecular weight excluding hydrogens is 216 g/mol. The van der Waals surface area contributed by atoms with Gasteiger partial charge in [-0.2, -0.15) is 0 Å². The summed E-state index contributed by atoms with van der Waals surface area (Å²) < 4.78 is 14.9. The second kappa shape index (κ2) is 5.81. The minimum absolute atomic E-state index is 0.0122. The minimum Gasteiger partial charge on any atom is -0.463 e. The zero-order valence-corrected chi connectivity index (χ0v) is 9.34. The Balaban J connectivity index is 2.43. The zero-order chi connectivity index (χ0) is 12.1. The van der Waals surface area contributed by atoms with Gasteiger partial charge >= 0.3 is 11.9 Å². The maximum Gasteiger partial charge on any atom is 0.305 e. The molecule has 0 aromatic carbocycles. The number of rotatable bonds is 4. The molecule has 0 amide bonds. The average molecular weight is 232 g/mol. The third-order valence-electron chi connectivity index (χ3n) is 2.20. The molecule has 0 saturated carbocycles. The molecule has 1 saturated heterocycles. The van der Waals surface area contributed by atoms with Crippen molar-refractivity contribution in [2.45, 2.75) is 45.2 Å². The lowest BCUT2D eigenvalue weighted by molar-refractivity contribution is -0.160. The molecule has 92 valence electrons. The highest BCUT2D eigenvalue weighted by molar-refractivity contribution is 5.69. The molecule has 3 atom stereocenters. The molecule has 6 heteroatoms. The highest BCUT2D eigenvalue weighted by Crippen LogP contribution is 2.22. The molecule has 0 radical (unpaired) electrons. The molecule has 1 aliphatic rings. The molecule has 0 bridgehead atoms. The van der Waals surface area contributed by atoms with Gasteiger partial charge in [0.1, 0.15) is 18.8 Å². The lowest BCUT2D eigenvalue weighted by Crippen LogP contribution is -2.31. The summed E-state index contributed by atoms with van der Waals surface area (Å²) in [6.45, 7) is 2.94. The van der Waals surface area contributed by atoms with E-state index in [-0.39, 0.29) is 25.4 Å². The van der Waals surface area contributed by atoms with Gasteiger partial charge < -0.3 is 19.3 Å². The molecule has 1 aliphatic heterocycles. The summed E-state index contributed by atoms with van der Waals surface area (Å²) in [6.07, 6.45) is -1.65. The first-order valence-corrected chi connectivity index (χ1v) is 5.19. The fourth-order valence-electron chi connectivity index (χ4n) is 1.46. The van der Waals surface area contributed by atoms with Gasteiger partial charge in [0.15, 0.2) is 6.29 Å². The third kappa shape index (κ3) is 3.79. The van der Waals surface area contributed by atoms with Gasteiger partial charge in [-0.05, 0) is 0 Å². The topological polar surface area (TPSA) is 82.1 Å². The van der Waals surface area contributed by atoms with Gasteiger partial charge in [0.2, 0.25) is 0 Å². The number of esters is 2. The molecule has 0 aliphatic carbocycles. The Kier molecular flexibility index (Phi) is 4.70. The first-order chi connectivity index (χ1) is 7.52. The lowest BCUT2D eigenvalue weighted by Gasteiger charge is -2.17. The van der Waals surface area contributed by atoms with Crippen LogP contribution in [0.1, 0.15) is 26.7 Å². The van der Waals surface area contributed by atoms with Gasteiger partial charge in [0, 0.05) is 19.8 Å². The Hall–Kier alpha value is -1.14. The number of ether oxygens (including phenoxy) is 3. The van der Waals surface area contributed by atoms with Crippen LogP contribution in [-0.4, -0.2) is 42.1 Å². The van der Waals surface area contributed by atoms with Crippen LogP contribution in [0.3, 0.4) is 0 Å². The van der Waals surface area contributed by atoms with Crippen LogP contribution in [0.2, 0.25) is 0 Å². The van der Waals surface area contributed by atoms with E-state index in [1.165, 1.54) is 6.92 Å². The van der Waals surface area contributed by atoms with Crippen LogP contribution < -0.4 is 0 Å². The maximum absolute atomic E-state index is 10.9. The zero-order valence-electron chi connectivity index (χ0n) is 9.34. The van der Waals surface area contributed by atoms with E-state index in [4.69, 9.17) is 14.2 Å². The summed E-state index contributed by atoms with van der Waals surface area (Å²) in [5, 5.41) is 9.25. The smallest absolute Gasteiger partial charge is 0.305 e. The summed E-state index contributed by atoms with van der Waals surface area (Å²) in [5.41, 5.74) is 0. The molecule has 1 unspecified atom stereocenters. The van der Waals surface area contributed by atoms with Crippen LogP contribution in [0.25, 0.3) is 0 Å². The van der Waals surface area contributed by atoms with E-state index < -0.39 is 24.5 Å². The highest BCUT2D eigenvalue weighted by atomic mass is 16.7. The van der Waals surface area contributed by atoms with E-state index in [0.717, 1.165) is 0 Å². The van der Waals surface area contributed by atoms with Crippen LogP contribution in [0.15, 0.2) is 0 Å². The lowest BCUT2D eigenvalue weighted by atomic mass is 10.2. The number of carbonyl (C=O) groups excluding carboxylic acids is 2. The summed E-state index contributed by atoms with van der Waals surface area (Å²) in [4.78, 5) is 21.7. The van der Waals surface area contributed by atoms with Crippen molar-refractivity contribution in [3.8, 4) is 0 Å². The number of hydrogen-bond acceptors (Lipinski definition) is 6. The van der Waals surface area contributed by atoms with Crippen LogP contribution in [0.5, 0.6) is 0 Å². The van der Waals surface area contributed by atoms with Crippen molar-refractivity contribution in [3.63, 3.8) is 0 Å². The molecule has 1 N–H and O–H groups in total. The number of carbonyl (C=O) groups is 2. The number of aliphatic hydroxyl groups is 1. The number of hydrogen-bond donors (Lipinski definition) is 1. The monoisotopic (exact) mass is 232 g/mol. The summed E-state index contributed by atoms with van der Waals surface area (Å²) in [6, 6.07) is 0. The van der Waals surface area contributed by atoms with Crippen LogP contribution >= 0.6 is 0 Å². The Morgan fingerprint density at radius 3 is 2.75 bits per heavy atom. The van der Waals surface area contributed by atoms with Crippen LogP contribution in [-0.2, 0) is 23.8 Å². The molecule has 1 fully saturated rings. The van der Waals surface area contributed by atoms with Crippen molar-refractivity contribution in [1.82, 2.24) is 0 Å². The van der Waals surface area contributed by atoms with Crippen molar-refractivity contribution in [1.29, 1.82) is 0 Å². The van der Waals surface area contributed by atoms with Gasteiger partial charge in [-0.3, -0.25) is 9.59 Å². The van der Waals surface area contributed by atoms with E-state index >= 15 is 0 Å². The molecule has 1 heterocycles. The standard InChI is InChI=1S/C10H16O6/c1-3-9(12)14-5-8-7(15-6(2)11)4-10(13)16-8/h7-8,10,13H,3-5H2,1-2H3/t7-,8+,10?/m0/s1. The van der Waals surface area contributed by atoms with Crippen LogP contribution in [0, 0.1) is 0 Å². The summed E-state index contributed by atoms with van der Waals surface area (Å²) >= 11 is 0. The van der Waals surface area contributed by atoms with E-state index in [0.29, 0.717) is 0 Å². The highest BCUT2D eigenvalue weighted by Gasteiger charge is 2.37. The van der Waals surface area contributed by atoms with E-state index in [1.54, 1.807) is 6.92 Å². The van der Waals surface area contributed by atoms with Gasteiger partial charge in [0.05, 0.1) is 0 Å². The summed E-state index contributed by atoms with van der Waals surface area (Å²) in [5.74, 6) is -0.805. The first-order valence-electron chi connectivity index (χ1n) is 5.19. The SMILES string of the molecule is CCC(=O)OC[C@H]1OC(O)C[C@@H]1OC(C)=O.